The van der Waals surface area contributed by atoms with Crippen molar-refractivity contribution in [1.82, 2.24) is 5.32 Å². The highest BCUT2D eigenvalue weighted by molar-refractivity contribution is 6.39. The molecule has 2 N–H and O–H groups in total. The zero-order chi connectivity index (χ0) is 23.4. The number of aryl methyl sites for hydroxylation is 1. The van der Waals surface area contributed by atoms with Crippen molar-refractivity contribution in [3.05, 3.63) is 59.2 Å². The number of carboxylic acid groups (broad SMARTS) is 1. The first-order valence-corrected chi connectivity index (χ1v) is 9.85. The minimum Gasteiger partial charge on any atom is -0.490 e. The molecule has 1 aliphatic heterocycles. The van der Waals surface area contributed by atoms with E-state index in [1.165, 1.54) is 25.1 Å². The number of benzene rings is 2. The minimum absolute atomic E-state index is 0.208. The van der Waals surface area contributed by atoms with Gasteiger partial charge >= 0.3 is 12.0 Å². The maximum atomic E-state index is 13.0. The SMILES string of the molecule is CCOc1cc(C=C2C(=O)NC(=O)N(c3ccc(C)cc3)C2=O)ccc1OC(C)C(=O)O. The molecule has 32 heavy (non-hydrogen) atoms. The van der Waals surface area contributed by atoms with Gasteiger partial charge in [0.25, 0.3) is 11.8 Å². The van der Waals surface area contributed by atoms with E-state index in [0.717, 1.165) is 10.5 Å². The van der Waals surface area contributed by atoms with Crippen LogP contribution in [0.5, 0.6) is 11.5 Å². The third-order valence-corrected chi connectivity index (χ3v) is 4.62. The Morgan fingerprint density at radius 3 is 2.44 bits per heavy atom. The predicted molar refractivity (Wildman–Crippen MR) is 116 cm³/mol. The van der Waals surface area contributed by atoms with Crippen LogP contribution in [0.3, 0.4) is 0 Å². The first-order chi connectivity index (χ1) is 15.2. The molecule has 2 aromatic rings. The van der Waals surface area contributed by atoms with Gasteiger partial charge < -0.3 is 14.6 Å². The maximum absolute atomic E-state index is 13.0. The number of imide groups is 2. The normalized spacial score (nSPS) is 16.0. The number of ether oxygens (including phenoxy) is 2. The highest BCUT2D eigenvalue weighted by Crippen LogP contribution is 2.31. The number of hydrogen-bond donors (Lipinski definition) is 2. The van der Waals surface area contributed by atoms with Crippen molar-refractivity contribution in [2.24, 2.45) is 0 Å². The second-order valence-electron chi connectivity index (χ2n) is 7.03. The van der Waals surface area contributed by atoms with Crippen LogP contribution in [0, 0.1) is 6.92 Å². The quantitative estimate of drug-likeness (QED) is 0.503. The molecule has 1 heterocycles. The highest BCUT2D eigenvalue weighted by Gasteiger charge is 2.36. The second kappa shape index (κ2) is 9.34. The molecule has 0 aromatic heterocycles. The van der Waals surface area contributed by atoms with Crippen LogP contribution in [-0.4, -0.2) is 41.6 Å². The molecule has 0 saturated carbocycles. The van der Waals surface area contributed by atoms with Crippen molar-refractivity contribution in [3.8, 4) is 11.5 Å². The van der Waals surface area contributed by atoms with E-state index in [4.69, 9.17) is 14.6 Å². The molecule has 1 unspecified atom stereocenters. The molecular weight excluding hydrogens is 416 g/mol. The van der Waals surface area contributed by atoms with E-state index in [1.54, 1.807) is 37.3 Å². The van der Waals surface area contributed by atoms with E-state index in [1.807, 2.05) is 6.92 Å². The summed E-state index contributed by atoms with van der Waals surface area (Å²) < 4.78 is 10.9. The molecule has 1 fully saturated rings. The number of carboxylic acids is 1. The van der Waals surface area contributed by atoms with Crippen molar-refractivity contribution in [2.45, 2.75) is 26.9 Å². The molecule has 9 nitrogen and oxygen atoms in total. The topological polar surface area (TPSA) is 122 Å². The lowest BCUT2D eigenvalue weighted by Crippen LogP contribution is -2.54. The lowest BCUT2D eigenvalue weighted by atomic mass is 10.1. The number of rotatable bonds is 7. The first-order valence-electron chi connectivity index (χ1n) is 9.85. The Labute approximate surface area is 184 Å². The molecule has 166 valence electrons. The number of barbiturate groups is 1. The average Bonchev–Trinajstić information content (AvgIpc) is 2.74. The number of carbonyl (C=O) groups is 4. The van der Waals surface area contributed by atoms with Gasteiger partial charge in [0, 0.05) is 0 Å². The first kappa shape index (κ1) is 22.5. The molecule has 1 saturated heterocycles. The maximum Gasteiger partial charge on any atom is 0.344 e. The molecule has 1 atom stereocenters. The summed E-state index contributed by atoms with van der Waals surface area (Å²) in [5.74, 6) is -2.25. The largest absolute Gasteiger partial charge is 0.490 e. The smallest absolute Gasteiger partial charge is 0.344 e. The summed E-state index contributed by atoms with van der Waals surface area (Å²) in [5, 5.41) is 11.2. The van der Waals surface area contributed by atoms with Gasteiger partial charge in [0.15, 0.2) is 17.6 Å². The van der Waals surface area contributed by atoms with Crippen LogP contribution >= 0.6 is 0 Å². The van der Waals surface area contributed by atoms with Gasteiger partial charge in [0.1, 0.15) is 5.57 Å². The molecular formula is C23H22N2O7. The summed E-state index contributed by atoms with van der Waals surface area (Å²) in [6.45, 7) is 5.29. The van der Waals surface area contributed by atoms with Crippen LogP contribution in [0.15, 0.2) is 48.0 Å². The van der Waals surface area contributed by atoms with Crippen molar-refractivity contribution in [3.63, 3.8) is 0 Å². The molecule has 1 aliphatic rings. The van der Waals surface area contributed by atoms with Gasteiger partial charge in [-0.3, -0.25) is 14.9 Å². The third-order valence-electron chi connectivity index (χ3n) is 4.62. The molecule has 4 amide bonds. The van der Waals surface area contributed by atoms with E-state index in [0.29, 0.717) is 11.3 Å². The fraction of sp³-hybridized carbons (Fsp3) is 0.217. The number of nitrogens with one attached hydrogen (secondary N) is 1. The van der Waals surface area contributed by atoms with E-state index in [2.05, 4.69) is 5.32 Å². The summed E-state index contributed by atoms with van der Waals surface area (Å²) in [6.07, 6.45) is 0.233. The van der Waals surface area contributed by atoms with Crippen molar-refractivity contribution < 1.29 is 33.8 Å². The van der Waals surface area contributed by atoms with Gasteiger partial charge in [-0.05, 0) is 56.7 Å². The van der Waals surface area contributed by atoms with Crippen LogP contribution in [0.4, 0.5) is 10.5 Å². The summed E-state index contributed by atoms with van der Waals surface area (Å²) in [6, 6.07) is 10.5. The summed E-state index contributed by atoms with van der Waals surface area (Å²) in [7, 11) is 0. The average molecular weight is 438 g/mol. The Hall–Kier alpha value is -4.14. The van der Waals surface area contributed by atoms with Gasteiger partial charge in [-0.1, -0.05) is 23.8 Å². The molecule has 9 heteroatoms. The zero-order valence-corrected chi connectivity index (χ0v) is 17.7. The van der Waals surface area contributed by atoms with Gasteiger partial charge in [-0.2, -0.15) is 0 Å². The molecule has 0 spiro atoms. The second-order valence-corrected chi connectivity index (χ2v) is 7.03. The number of nitrogens with zero attached hydrogens (tertiary/aromatic N) is 1. The third kappa shape index (κ3) is 4.77. The summed E-state index contributed by atoms with van der Waals surface area (Å²) in [5.41, 5.74) is 1.48. The zero-order valence-electron chi connectivity index (χ0n) is 17.7. The fourth-order valence-corrected chi connectivity index (χ4v) is 2.97. The molecule has 0 aliphatic carbocycles. The Kier molecular flexibility index (Phi) is 6.58. The highest BCUT2D eigenvalue weighted by atomic mass is 16.5. The van der Waals surface area contributed by atoms with E-state index < -0.39 is 29.9 Å². The summed E-state index contributed by atoms with van der Waals surface area (Å²) >= 11 is 0. The lowest BCUT2D eigenvalue weighted by Gasteiger charge is -2.26. The Bertz CT molecular complexity index is 1110. The number of hydrogen-bond acceptors (Lipinski definition) is 6. The summed E-state index contributed by atoms with van der Waals surface area (Å²) in [4.78, 5) is 49.6. The number of carbonyl (C=O) groups excluding carboxylic acids is 3. The monoisotopic (exact) mass is 438 g/mol. The van der Waals surface area contributed by atoms with Crippen molar-refractivity contribution in [2.75, 3.05) is 11.5 Å². The van der Waals surface area contributed by atoms with Gasteiger partial charge in [0.05, 0.1) is 12.3 Å². The van der Waals surface area contributed by atoms with Gasteiger partial charge in [-0.25, -0.2) is 14.5 Å². The predicted octanol–water partition coefficient (Wildman–Crippen LogP) is 2.91. The fourth-order valence-electron chi connectivity index (χ4n) is 2.97. The Morgan fingerprint density at radius 1 is 1.12 bits per heavy atom. The molecule has 0 radical (unpaired) electrons. The number of aliphatic carboxylic acids is 1. The minimum atomic E-state index is -1.14. The lowest BCUT2D eigenvalue weighted by molar-refractivity contribution is -0.144. The number of anilines is 1. The Balaban J connectivity index is 1.96. The van der Waals surface area contributed by atoms with E-state index in [-0.39, 0.29) is 23.7 Å². The number of urea groups is 1. The molecule has 2 aromatic carbocycles. The number of amides is 4. The molecule has 0 bridgehead atoms. The van der Waals surface area contributed by atoms with E-state index >= 15 is 0 Å². The van der Waals surface area contributed by atoms with Crippen LogP contribution < -0.4 is 19.7 Å². The van der Waals surface area contributed by atoms with E-state index in [9.17, 15) is 19.2 Å². The Morgan fingerprint density at radius 2 is 1.81 bits per heavy atom. The van der Waals surface area contributed by atoms with Crippen molar-refractivity contribution >= 4 is 35.6 Å². The van der Waals surface area contributed by atoms with Gasteiger partial charge in [0.2, 0.25) is 0 Å². The molecule has 3 rings (SSSR count). The standard InChI is InChI=1S/C23H22N2O7/c1-4-31-19-12-15(7-10-18(19)32-14(3)22(28)29)11-17-20(26)24-23(30)25(21(17)27)16-8-5-13(2)6-9-16/h5-12,14H,4H2,1-3H3,(H,28,29)(H,24,26,30). The van der Waals surface area contributed by atoms with Crippen LogP contribution in [0.25, 0.3) is 6.08 Å². The van der Waals surface area contributed by atoms with Crippen LogP contribution in [-0.2, 0) is 14.4 Å². The van der Waals surface area contributed by atoms with Crippen molar-refractivity contribution in [1.29, 1.82) is 0 Å². The van der Waals surface area contributed by atoms with Crippen LogP contribution in [0.1, 0.15) is 25.0 Å². The van der Waals surface area contributed by atoms with Gasteiger partial charge in [-0.15, -0.1) is 0 Å². The van der Waals surface area contributed by atoms with Crippen LogP contribution in [0.2, 0.25) is 0 Å².